The van der Waals surface area contributed by atoms with E-state index in [0.29, 0.717) is 31.3 Å². The van der Waals surface area contributed by atoms with Gasteiger partial charge in [-0.2, -0.15) is 0 Å². The Morgan fingerprint density at radius 1 is 1.20 bits per heavy atom. The van der Waals surface area contributed by atoms with Gasteiger partial charge < -0.3 is 14.6 Å². The van der Waals surface area contributed by atoms with Gasteiger partial charge in [0.2, 0.25) is 0 Å². The van der Waals surface area contributed by atoms with Crippen LogP contribution in [0.5, 0.6) is 0 Å². The van der Waals surface area contributed by atoms with Gasteiger partial charge in [-0.25, -0.2) is 0 Å². The number of esters is 1. The molecule has 5 heteroatoms. The first-order chi connectivity index (χ1) is 9.58. The first kappa shape index (κ1) is 12.6. The summed E-state index contributed by atoms with van der Waals surface area (Å²) in [5.41, 5.74) is -0.754. The molecule has 1 heterocycles. The average molecular weight is 280 g/mol. The summed E-state index contributed by atoms with van der Waals surface area (Å²) in [6, 6.07) is 0. The van der Waals surface area contributed by atoms with Crippen LogP contribution in [-0.2, 0) is 19.1 Å². The van der Waals surface area contributed by atoms with Crippen LogP contribution in [0, 0.1) is 29.1 Å². The molecule has 4 bridgehead atoms. The fourth-order valence-corrected chi connectivity index (χ4v) is 5.25. The number of ether oxygens (including phenoxy) is 2. The zero-order valence-electron chi connectivity index (χ0n) is 11.4. The van der Waals surface area contributed by atoms with Crippen LogP contribution in [0.25, 0.3) is 0 Å². The van der Waals surface area contributed by atoms with E-state index >= 15 is 0 Å². The molecule has 0 spiro atoms. The molecular formula is C15H20O5. The summed E-state index contributed by atoms with van der Waals surface area (Å²) in [5, 5.41) is 9.62. The van der Waals surface area contributed by atoms with E-state index in [1.54, 1.807) is 0 Å². The van der Waals surface area contributed by atoms with Gasteiger partial charge in [0.1, 0.15) is 12.7 Å². The molecule has 110 valence electrons. The Bertz CT molecular complexity index is 441. The van der Waals surface area contributed by atoms with Crippen molar-refractivity contribution in [1.82, 2.24) is 0 Å². The highest BCUT2D eigenvalue weighted by atomic mass is 16.6. The van der Waals surface area contributed by atoms with Gasteiger partial charge in [0.25, 0.3) is 0 Å². The third kappa shape index (κ3) is 1.79. The Balaban J connectivity index is 1.61. The molecule has 0 amide bonds. The molecule has 5 fully saturated rings. The topological polar surface area (TPSA) is 76.1 Å². The maximum atomic E-state index is 12.6. The molecule has 0 radical (unpaired) electrons. The molecule has 1 aliphatic heterocycles. The highest BCUT2D eigenvalue weighted by Crippen LogP contribution is 2.63. The standard InChI is InChI=1S/C15H20O5/c16-13(17)12-10-2-8-1-9(3-10)5-15(12,4-8)14(18)20-7-11-6-19-11/h8-12H,1-7H2,(H,16,17). The smallest absolute Gasteiger partial charge is 0.313 e. The fraction of sp³-hybridized carbons (Fsp3) is 0.867. The zero-order valence-corrected chi connectivity index (χ0v) is 11.4. The first-order valence-electron chi connectivity index (χ1n) is 7.60. The Morgan fingerprint density at radius 3 is 2.40 bits per heavy atom. The van der Waals surface area contributed by atoms with Gasteiger partial charge in [0, 0.05) is 0 Å². The van der Waals surface area contributed by atoms with Gasteiger partial charge in [-0.05, 0) is 49.9 Å². The highest BCUT2D eigenvalue weighted by molar-refractivity contribution is 5.85. The van der Waals surface area contributed by atoms with Gasteiger partial charge in [0.05, 0.1) is 17.9 Å². The number of carbonyl (C=O) groups is 2. The lowest BCUT2D eigenvalue weighted by molar-refractivity contribution is -0.194. The number of carbonyl (C=O) groups excluding carboxylic acids is 1. The Morgan fingerprint density at radius 2 is 1.85 bits per heavy atom. The minimum Gasteiger partial charge on any atom is -0.481 e. The van der Waals surface area contributed by atoms with Crippen molar-refractivity contribution >= 4 is 11.9 Å². The van der Waals surface area contributed by atoms with Crippen molar-refractivity contribution in [3.63, 3.8) is 0 Å². The second-order valence-electron chi connectivity index (χ2n) is 7.13. The van der Waals surface area contributed by atoms with Crippen molar-refractivity contribution < 1.29 is 24.2 Å². The molecule has 20 heavy (non-hydrogen) atoms. The number of rotatable bonds is 4. The van der Waals surface area contributed by atoms with E-state index < -0.39 is 17.3 Å². The van der Waals surface area contributed by atoms with E-state index in [-0.39, 0.29) is 24.6 Å². The summed E-state index contributed by atoms with van der Waals surface area (Å²) in [7, 11) is 0. The minimum absolute atomic E-state index is 0.0381. The van der Waals surface area contributed by atoms with Crippen LogP contribution in [0.3, 0.4) is 0 Å². The molecule has 5 nitrogen and oxygen atoms in total. The monoisotopic (exact) mass is 280 g/mol. The van der Waals surface area contributed by atoms with Gasteiger partial charge in [-0.1, -0.05) is 0 Å². The zero-order chi connectivity index (χ0) is 13.9. The summed E-state index contributed by atoms with van der Waals surface area (Å²) in [6.45, 7) is 0.934. The number of carboxylic acids is 1. The van der Waals surface area contributed by atoms with E-state index in [2.05, 4.69) is 0 Å². The Kier molecular flexibility index (Phi) is 2.65. The van der Waals surface area contributed by atoms with Crippen LogP contribution in [0.2, 0.25) is 0 Å². The van der Waals surface area contributed by atoms with E-state index in [0.717, 1.165) is 12.8 Å². The lowest BCUT2D eigenvalue weighted by atomic mass is 9.45. The molecular weight excluding hydrogens is 260 g/mol. The molecule has 4 unspecified atom stereocenters. The number of hydrogen-bond acceptors (Lipinski definition) is 4. The largest absolute Gasteiger partial charge is 0.481 e. The fourth-order valence-electron chi connectivity index (χ4n) is 5.25. The summed E-state index contributed by atoms with van der Waals surface area (Å²) in [5.74, 6) is -0.417. The van der Waals surface area contributed by atoms with E-state index in [1.165, 1.54) is 6.42 Å². The van der Waals surface area contributed by atoms with Crippen molar-refractivity contribution in [3.8, 4) is 0 Å². The van der Waals surface area contributed by atoms with E-state index in [4.69, 9.17) is 9.47 Å². The van der Waals surface area contributed by atoms with E-state index in [9.17, 15) is 14.7 Å². The second-order valence-corrected chi connectivity index (χ2v) is 7.13. The maximum absolute atomic E-state index is 12.6. The van der Waals surface area contributed by atoms with Crippen LogP contribution in [0.4, 0.5) is 0 Å². The number of epoxide rings is 1. The summed E-state index contributed by atoms with van der Waals surface area (Å²) in [4.78, 5) is 24.3. The summed E-state index contributed by atoms with van der Waals surface area (Å²) < 4.78 is 10.5. The predicted octanol–water partition coefficient (Wildman–Crippen LogP) is 1.46. The number of hydrogen-bond donors (Lipinski definition) is 1. The quantitative estimate of drug-likeness (QED) is 0.623. The summed E-state index contributed by atoms with van der Waals surface area (Å²) >= 11 is 0. The Labute approximate surface area is 117 Å². The first-order valence-corrected chi connectivity index (χ1v) is 7.60. The molecule has 0 aromatic carbocycles. The predicted molar refractivity (Wildman–Crippen MR) is 67.8 cm³/mol. The normalized spacial score (nSPS) is 48.1. The molecule has 4 atom stereocenters. The van der Waals surface area contributed by atoms with Crippen molar-refractivity contribution in [3.05, 3.63) is 0 Å². The minimum atomic E-state index is -0.812. The average Bonchev–Trinajstić information content (AvgIpc) is 3.17. The summed E-state index contributed by atoms with van der Waals surface area (Å²) in [6.07, 6.45) is 4.59. The van der Waals surface area contributed by atoms with Crippen LogP contribution >= 0.6 is 0 Å². The van der Waals surface area contributed by atoms with Crippen molar-refractivity contribution in [2.45, 2.75) is 38.2 Å². The maximum Gasteiger partial charge on any atom is 0.313 e. The molecule has 5 rings (SSSR count). The van der Waals surface area contributed by atoms with Crippen molar-refractivity contribution in [2.24, 2.45) is 29.1 Å². The number of aliphatic carboxylic acids is 1. The van der Waals surface area contributed by atoms with Crippen LogP contribution in [0.1, 0.15) is 32.1 Å². The van der Waals surface area contributed by atoms with Crippen molar-refractivity contribution in [2.75, 3.05) is 13.2 Å². The third-order valence-electron chi connectivity index (χ3n) is 5.79. The van der Waals surface area contributed by atoms with Crippen molar-refractivity contribution in [1.29, 1.82) is 0 Å². The molecule has 4 saturated carbocycles. The second kappa shape index (κ2) is 4.20. The van der Waals surface area contributed by atoms with Crippen LogP contribution in [0.15, 0.2) is 0 Å². The molecule has 1 saturated heterocycles. The lowest BCUT2D eigenvalue weighted by Crippen LogP contribution is -2.59. The van der Waals surface area contributed by atoms with E-state index in [1.807, 2.05) is 0 Å². The van der Waals surface area contributed by atoms with Crippen LogP contribution < -0.4 is 0 Å². The van der Waals surface area contributed by atoms with Crippen LogP contribution in [-0.4, -0.2) is 36.4 Å². The van der Waals surface area contributed by atoms with Gasteiger partial charge >= 0.3 is 11.9 Å². The molecule has 0 aromatic heterocycles. The lowest BCUT2D eigenvalue weighted by Gasteiger charge is -2.58. The highest BCUT2D eigenvalue weighted by Gasteiger charge is 2.64. The van der Waals surface area contributed by atoms with Gasteiger partial charge in [0.15, 0.2) is 0 Å². The Hall–Kier alpha value is -1.10. The number of carboxylic acid groups (broad SMARTS) is 1. The molecule has 5 aliphatic rings. The molecule has 1 N–H and O–H groups in total. The van der Waals surface area contributed by atoms with Gasteiger partial charge in [-0.3, -0.25) is 9.59 Å². The molecule has 0 aromatic rings. The third-order valence-corrected chi connectivity index (χ3v) is 5.79. The SMILES string of the molecule is O=C(O)C1C2CC3CC(C2)CC1(C(=O)OCC1CO1)C3. The van der Waals surface area contributed by atoms with Gasteiger partial charge in [-0.15, -0.1) is 0 Å². The molecule has 4 aliphatic carbocycles.